The van der Waals surface area contributed by atoms with E-state index in [-0.39, 0.29) is 5.25 Å². The SMILES string of the molecule is CC(CCNc1cc(C#N)ccc1N)S(C)=O. The molecule has 92 valence electrons. The molecule has 1 aromatic carbocycles. The van der Waals surface area contributed by atoms with Gasteiger partial charge in [-0.1, -0.05) is 6.92 Å². The smallest absolute Gasteiger partial charge is 0.0992 e. The van der Waals surface area contributed by atoms with E-state index in [1.165, 1.54) is 0 Å². The normalized spacial score (nSPS) is 13.7. The number of nitrogens with one attached hydrogen (secondary N) is 1. The molecule has 17 heavy (non-hydrogen) atoms. The van der Waals surface area contributed by atoms with Crippen LogP contribution in [-0.2, 0) is 10.8 Å². The van der Waals surface area contributed by atoms with Gasteiger partial charge in [0, 0.05) is 28.9 Å². The van der Waals surface area contributed by atoms with Gasteiger partial charge in [0.1, 0.15) is 0 Å². The summed E-state index contributed by atoms with van der Waals surface area (Å²) in [5.41, 5.74) is 7.75. The van der Waals surface area contributed by atoms with Crippen molar-refractivity contribution in [2.45, 2.75) is 18.6 Å². The minimum Gasteiger partial charge on any atom is -0.397 e. The highest BCUT2D eigenvalue weighted by atomic mass is 32.2. The van der Waals surface area contributed by atoms with Crippen LogP contribution in [0.4, 0.5) is 11.4 Å². The molecule has 0 aliphatic heterocycles. The molecule has 0 spiro atoms. The summed E-state index contributed by atoms with van der Waals surface area (Å²) in [6.45, 7) is 2.65. The van der Waals surface area contributed by atoms with Crippen LogP contribution >= 0.6 is 0 Å². The highest BCUT2D eigenvalue weighted by molar-refractivity contribution is 7.84. The quantitative estimate of drug-likeness (QED) is 0.781. The summed E-state index contributed by atoms with van der Waals surface area (Å²) >= 11 is 0. The maximum absolute atomic E-state index is 11.2. The molecule has 2 atom stereocenters. The molecule has 3 N–H and O–H groups in total. The van der Waals surface area contributed by atoms with Gasteiger partial charge in [0.2, 0.25) is 0 Å². The van der Waals surface area contributed by atoms with Crippen LogP contribution in [0.15, 0.2) is 18.2 Å². The van der Waals surface area contributed by atoms with E-state index in [1.807, 2.05) is 6.92 Å². The van der Waals surface area contributed by atoms with Gasteiger partial charge in [-0.3, -0.25) is 4.21 Å². The second-order valence-corrected chi connectivity index (χ2v) is 5.74. The van der Waals surface area contributed by atoms with Crippen molar-refractivity contribution in [2.75, 3.05) is 23.9 Å². The Morgan fingerprint density at radius 2 is 2.29 bits per heavy atom. The van der Waals surface area contributed by atoms with Gasteiger partial charge in [0.05, 0.1) is 23.0 Å². The standard InChI is InChI=1S/C12H17N3OS/c1-9(17(2)16)5-6-15-12-7-10(8-13)3-4-11(12)14/h3-4,7,9,15H,5-6,14H2,1-2H3. The summed E-state index contributed by atoms with van der Waals surface area (Å²) in [5, 5.41) is 12.1. The van der Waals surface area contributed by atoms with Gasteiger partial charge < -0.3 is 11.1 Å². The highest BCUT2D eigenvalue weighted by Crippen LogP contribution is 2.19. The Bertz CT molecular complexity index is 454. The van der Waals surface area contributed by atoms with E-state index < -0.39 is 10.8 Å². The molecule has 5 heteroatoms. The molecule has 0 radical (unpaired) electrons. The fraction of sp³-hybridized carbons (Fsp3) is 0.417. The van der Waals surface area contributed by atoms with Crippen molar-refractivity contribution in [3.63, 3.8) is 0 Å². The van der Waals surface area contributed by atoms with Crippen molar-refractivity contribution in [3.8, 4) is 6.07 Å². The summed E-state index contributed by atoms with van der Waals surface area (Å²) in [6.07, 6.45) is 2.51. The average Bonchev–Trinajstić information content (AvgIpc) is 2.31. The topological polar surface area (TPSA) is 78.9 Å². The van der Waals surface area contributed by atoms with E-state index in [4.69, 9.17) is 11.0 Å². The largest absolute Gasteiger partial charge is 0.397 e. The van der Waals surface area contributed by atoms with Gasteiger partial charge in [-0.25, -0.2) is 0 Å². The number of nitrogens with two attached hydrogens (primary N) is 1. The zero-order valence-corrected chi connectivity index (χ0v) is 10.9. The molecule has 0 amide bonds. The van der Waals surface area contributed by atoms with Gasteiger partial charge in [0.25, 0.3) is 0 Å². The van der Waals surface area contributed by atoms with Gasteiger partial charge in [-0.15, -0.1) is 0 Å². The van der Waals surface area contributed by atoms with Crippen molar-refractivity contribution in [3.05, 3.63) is 23.8 Å². The predicted molar refractivity (Wildman–Crippen MR) is 72.2 cm³/mol. The van der Waals surface area contributed by atoms with E-state index >= 15 is 0 Å². The fourth-order valence-corrected chi connectivity index (χ4v) is 1.80. The average molecular weight is 251 g/mol. The number of anilines is 2. The monoisotopic (exact) mass is 251 g/mol. The third kappa shape index (κ3) is 4.08. The first-order valence-electron chi connectivity index (χ1n) is 5.40. The zero-order chi connectivity index (χ0) is 12.8. The second kappa shape index (κ2) is 6.26. The Labute approximate surface area is 104 Å². The Balaban J connectivity index is 2.58. The first-order valence-corrected chi connectivity index (χ1v) is 7.02. The Kier molecular flexibility index (Phi) is 4.98. The third-order valence-electron chi connectivity index (χ3n) is 2.62. The summed E-state index contributed by atoms with van der Waals surface area (Å²) < 4.78 is 11.2. The summed E-state index contributed by atoms with van der Waals surface area (Å²) in [7, 11) is -0.803. The van der Waals surface area contributed by atoms with E-state index in [0.717, 1.165) is 12.1 Å². The minimum absolute atomic E-state index is 0.155. The molecule has 1 rings (SSSR count). The molecule has 0 aliphatic carbocycles. The first-order chi connectivity index (χ1) is 8.04. The van der Waals surface area contributed by atoms with Crippen LogP contribution in [-0.4, -0.2) is 22.3 Å². The van der Waals surface area contributed by atoms with Crippen LogP contribution in [0.25, 0.3) is 0 Å². The number of nitrogens with zero attached hydrogens (tertiary/aromatic N) is 1. The van der Waals surface area contributed by atoms with Crippen molar-refractivity contribution in [1.29, 1.82) is 5.26 Å². The number of nitriles is 1. The number of rotatable bonds is 5. The number of nitrogen functional groups attached to an aromatic ring is 1. The maximum atomic E-state index is 11.2. The molecule has 1 aromatic rings. The lowest BCUT2D eigenvalue weighted by molar-refractivity contribution is 0.672. The van der Waals surface area contributed by atoms with E-state index in [9.17, 15) is 4.21 Å². The first kappa shape index (κ1) is 13.5. The van der Waals surface area contributed by atoms with Gasteiger partial charge in [-0.2, -0.15) is 5.26 Å². The maximum Gasteiger partial charge on any atom is 0.0992 e. The van der Waals surface area contributed by atoms with Crippen LogP contribution in [0.2, 0.25) is 0 Å². The van der Waals surface area contributed by atoms with Crippen molar-refractivity contribution >= 4 is 22.2 Å². The lowest BCUT2D eigenvalue weighted by atomic mass is 10.2. The van der Waals surface area contributed by atoms with E-state index in [1.54, 1.807) is 24.5 Å². The summed E-state index contributed by atoms with van der Waals surface area (Å²) in [4.78, 5) is 0. The Hall–Kier alpha value is -1.54. The minimum atomic E-state index is -0.803. The molecule has 0 aliphatic rings. The van der Waals surface area contributed by atoms with Crippen LogP contribution in [0, 0.1) is 11.3 Å². The molecule has 0 heterocycles. The molecule has 0 aromatic heterocycles. The van der Waals surface area contributed by atoms with E-state index in [2.05, 4.69) is 11.4 Å². The van der Waals surface area contributed by atoms with Crippen LogP contribution in [0.3, 0.4) is 0 Å². The summed E-state index contributed by atoms with van der Waals surface area (Å²) in [6, 6.07) is 7.19. The van der Waals surface area contributed by atoms with Crippen molar-refractivity contribution in [1.82, 2.24) is 0 Å². The molecule has 4 nitrogen and oxygen atoms in total. The summed E-state index contributed by atoms with van der Waals surface area (Å²) in [5.74, 6) is 0. The molecule has 0 fully saturated rings. The predicted octanol–water partition coefficient (Wildman–Crippen LogP) is 1.71. The lowest BCUT2D eigenvalue weighted by Gasteiger charge is -2.12. The number of benzene rings is 1. The number of hydrogen-bond acceptors (Lipinski definition) is 4. The Morgan fingerprint density at radius 3 is 2.88 bits per heavy atom. The molecule has 2 unspecified atom stereocenters. The van der Waals surface area contributed by atoms with Crippen LogP contribution in [0.1, 0.15) is 18.9 Å². The third-order valence-corrected chi connectivity index (χ3v) is 3.98. The van der Waals surface area contributed by atoms with Gasteiger partial charge in [0.15, 0.2) is 0 Å². The molecular weight excluding hydrogens is 234 g/mol. The Morgan fingerprint density at radius 1 is 1.59 bits per heavy atom. The number of hydrogen-bond donors (Lipinski definition) is 2. The molecule has 0 bridgehead atoms. The zero-order valence-electron chi connectivity index (χ0n) is 10.1. The van der Waals surface area contributed by atoms with E-state index in [0.29, 0.717) is 17.8 Å². The molecular formula is C12H17N3OS. The van der Waals surface area contributed by atoms with Crippen LogP contribution < -0.4 is 11.1 Å². The highest BCUT2D eigenvalue weighted by Gasteiger charge is 2.06. The van der Waals surface area contributed by atoms with Gasteiger partial charge in [-0.05, 0) is 24.6 Å². The fourth-order valence-electron chi connectivity index (χ4n) is 1.35. The van der Waals surface area contributed by atoms with Crippen LogP contribution in [0.5, 0.6) is 0 Å². The van der Waals surface area contributed by atoms with Crippen molar-refractivity contribution in [2.24, 2.45) is 0 Å². The lowest BCUT2D eigenvalue weighted by Crippen LogP contribution is -2.15. The second-order valence-electron chi connectivity index (χ2n) is 3.94. The van der Waals surface area contributed by atoms with Gasteiger partial charge >= 0.3 is 0 Å². The molecule has 0 saturated carbocycles. The van der Waals surface area contributed by atoms with Crippen molar-refractivity contribution < 1.29 is 4.21 Å². The molecule has 0 saturated heterocycles.